The summed E-state index contributed by atoms with van der Waals surface area (Å²) in [5.41, 5.74) is 2.56. The first-order valence-electron chi connectivity index (χ1n) is 9.16. The molecule has 0 bridgehead atoms. The normalized spacial score (nSPS) is 11.9. The number of hydrogen-bond donors (Lipinski definition) is 0. The predicted molar refractivity (Wildman–Crippen MR) is 116 cm³/mol. The standard InChI is InChI=1S/C25H21NO2S/c1-3-20-26(29(27,28)24-17-14-21(2)15-18-24)25(23-12-8-5-9-13-23)19-16-22-10-6-4-7-11-22/h1,4-15,17-18,25H,20H2,2H3. The minimum absolute atomic E-state index is 0.0841. The molecule has 144 valence electrons. The molecule has 0 saturated carbocycles. The Kier molecular flexibility index (Phi) is 6.52. The molecule has 0 aromatic heterocycles. The Morgan fingerprint density at radius 3 is 2.07 bits per heavy atom. The van der Waals surface area contributed by atoms with Crippen molar-refractivity contribution >= 4 is 10.0 Å². The monoisotopic (exact) mass is 399 g/mol. The number of benzene rings is 3. The van der Waals surface area contributed by atoms with Crippen LogP contribution in [0.2, 0.25) is 0 Å². The maximum Gasteiger partial charge on any atom is 0.245 e. The number of aryl methyl sites for hydroxylation is 1. The molecule has 1 unspecified atom stereocenters. The van der Waals surface area contributed by atoms with Crippen LogP contribution in [0.15, 0.2) is 89.8 Å². The van der Waals surface area contributed by atoms with Gasteiger partial charge in [0.05, 0.1) is 11.4 Å². The first-order valence-corrected chi connectivity index (χ1v) is 10.6. The Morgan fingerprint density at radius 2 is 1.48 bits per heavy atom. The van der Waals surface area contributed by atoms with E-state index in [1.807, 2.05) is 67.6 Å². The molecule has 4 heteroatoms. The highest BCUT2D eigenvalue weighted by molar-refractivity contribution is 7.89. The van der Waals surface area contributed by atoms with Gasteiger partial charge in [0.15, 0.2) is 0 Å². The largest absolute Gasteiger partial charge is 0.245 e. The first-order chi connectivity index (χ1) is 14.0. The summed E-state index contributed by atoms with van der Waals surface area (Å²) in [6, 6.07) is 24.8. The molecule has 0 radical (unpaired) electrons. The molecule has 3 nitrogen and oxygen atoms in total. The lowest BCUT2D eigenvalue weighted by molar-refractivity contribution is 0.410. The molecule has 0 aliphatic rings. The third-order valence-electron chi connectivity index (χ3n) is 4.41. The fourth-order valence-corrected chi connectivity index (χ4v) is 4.33. The van der Waals surface area contributed by atoms with Crippen LogP contribution in [0.25, 0.3) is 0 Å². The number of hydrogen-bond acceptors (Lipinski definition) is 2. The maximum atomic E-state index is 13.4. The van der Waals surface area contributed by atoms with E-state index in [0.29, 0.717) is 0 Å². The predicted octanol–water partition coefficient (Wildman–Crippen LogP) is 4.41. The van der Waals surface area contributed by atoms with Crippen molar-refractivity contribution in [1.82, 2.24) is 4.31 Å². The van der Waals surface area contributed by atoms with Crippen molar-refractivity contribution in [2.24, 2.45) is 0 Å². The zero-order valence-electron chi connectivity index (χ0n) is 16.1. The quantitative estimate of drug-likeness (QED) is 0.596. The molecule has 0 saturated heterocycles. The van der Waals surface area contributed by atoms with E-state index in [4.69, 9.17) is 6.42 Å². The molecule has 3 aromatic carbocycles. The second kappa shape index (κ2) is 9.26. The molecule has 0 heterocycles. The molecule has 0 amide bonds. The minimum Gasteiger partial charge on any atom is -0.207 e. The van der Waals surface area contributed by atoms with Crippen molar-refractivity contribution in [3.63, 3.8) is 0 Å². The average Bonchev–Trinajstić information content (AvgIpc) is 2.75. The van der Waals surface area contributed by atoms with Gasteiger partial charge in [-0.05, 0) is 36.8 Å². The summed E-state index contributed by atoms with van der Waals surface area (Å²) in [5.74, 6) is 8.70. The molecule has 0 spiro atoms. The zero-order valence-corrected chi connectivity index (χ0v) is 16.9. The van der Waals surface area contributed by atoms with E-state index in [1.54, 1.807) is 24.3 Å². The lowest BCUT2D eigenvalue weighted by Gasteiger charge is -2.26. The molecular weight excluding hydrogens is 378 g/mol. The van der Waals surface area contributed by atoms with Gasteiger partial charge in [0.1, 0.15) is 6.04 Å². The molecular formula is C25H21NO2S. The summed E-state index contributed by atoms with van der Waals surface area (Å²) < 4.78 is 28.1. The summed E-state index contributed by atoms with van der Waals surface area (Å²) >= 11 is 0. The van der Waals surface area contributed by atoms with Crippen molar-refractivity contribution in [3.8, 4) is 24.2 Å². The number of sulfonamides is 1. The highest BCUT2D eigenvalue weighted by Crippen LogP contribution is 2.27. The van der Waals surface area contributed by atoms with Gasteiger partial charge in [-0.25, -0.2) is 8.42 Å². The molecule has 0 fully saturated rings. The van der Waals surface area contributed by atoms with Crippen LogP contribution in [-0.4, -0.2) is 19.3 Å². The SMILES string of the molecule is C#CCN(C(C#Cc1ccccc1)c1ccccc1)S(=O)(=O)c1ccc(C)cc1. The van der Waals surface area contributed by atoms with E-state index in [0.717, 1.165) is 16.7 Å². The second-order valence-corrected chi connectivity index (χ2v) is 8.41. The maximum absolute atomic E-state index is 13.4. The van der Waals surface area contributed by atoms with Gasteiger partial charge >= 0.3 is 0 Å². The average molecular weight is 400 g/mol. The van der Waals surface area contributed by atoms with E-state index in [1.165, 1.54) is 4.31 Å². The zero-order chi connectivity index (χ0) is 20.7. The van der Waals surface area contributed by atoms with Crippen molar-refractivity contribution in [1.29, 1.82) is 0 Å². The summed E-state index contributed by atoms with van der Waals surface area (Å²) in [4.78, 5) is 0.195. The van der Waals surface area contributed by atoms with E-state index in [-0.39, 0.29) is 11.4 Å². The van der Waals surface area contributed by atoms with Crippen molar-refractivity contribution < 1.29 is 8.42 Å². The summed E-state index contributed by atoms with van der Waals surface area (Å²) in [7, 11) is -3.84. The van der Waals surface area contributed by atoms with Crippen LogP contribution in [0.1, 0.15) is 22.7 Å². The number of nitrogens with zero attached hydrogens (tertiary/aromatic N) is 1. The van der Waals surface area contributed by atoms with Gasteiger partial charge in [-0.1, -0.05) is 84.0 Å². The highest BCUT2D eigenvalue weighted by Gasteiger charge is 2.31. The van der Waals surface area contributed by atoms with E-state index < -0.39 is 16.1 Å². The van der Waals surface area contributed by atoms with Crippen molar-refractivity contribution in [3.05, 3.63) is 102 Å². The van der Waals surface area contributed by atoms with Crippen LogP contribution in [0.4, 0.5) is 0 Å². The van der Waals surface area contributed by atoms with Crippen LogP contribution >= 0.6 is 0 Å². The lowest BCUT2D eigenvalue weighted by Crippen LogP contribution is -2.35. The number of terminal acetylenes is 1. The molecule has 0 aliphatic carbocycles. The van der Waals surface area contributed by atoms with E-state index in [2.05, 4.69) is 17.8 Å². The number of rotatable bonds is 5. The summed E-state index contributed by atoms with van der Waals surface area (Å²) in [6.07, 6.45) is 5.55. The van der Waals surface area contributed by atoms with Crippen LogP contribution in [0.3, 0.4) is 0 Å². The van der Waals surface area contributed by atoms with Crippen LogP contribution in [0, 0.1) is 31.1 Å². The fourth-order valence-electron chi connectivity index (χ4n) is 2.88. The Bertz CT molecular complexity index is 1150. The Balaban J connectivity index is 2.11. The van der Waals surface area contributed by atoms with Gasteiger partial charge < -0.3 is 0 Å². The Hall–Kier alpha value is -3.31. The Morgan fingerprint density at radius 1 is 0.897 bits per heavy atom. The lowest BCUT2D eigenvalue weighted by atomic mass is 10.1. The van der Waals surface area contributed by atoms with Gasteiger partial charge in [-0.15, -0.1) is 6.42 Å². The second-order valence-electron chi connectivity index (χ2n) is 6.52. The van der Waals surface area contributed by atoms with E-state index >= 15 is 0 Å². The fraction of sp³-hybridized carbons (Fsp3) is 0.120. The van der Waals surface area contributed by atoms with Crippen LogP contribution in [0.5, 0.6) is 0 Å². The van der Waals surface area contributed by atoms with Gasteiger partial charge in [-0.2, -0.15) is 4.31 Å². The highest BCUT2D eigenvalue weighted by atomic mass is 32.2. The summed E-state index contributed by atoms with van der Waals surface area (Å²) in [5, 5.41) is 0. The van der Waals surface area contributed by atoms with E-state index in [9.17, 15) is 8.42 Å². The molecule has 3 aromatic rings. The molecule has 1 atom stereocenters. The third-order valence-corrected chi connectivity index (χ3v) is 6.23. The van der Waals surface area contributed by atoms with Crippen molar-refractivity contribution in [2.75, 3.05) is 6.54 Å². The molecule has 29 heavy (non-hydrogen) atoms. The Labute approximate surface area is 173 Å². The molecule has 0 aliphatic heterocycles. The third kappa shape index (κ3) is 4.95. The van der Waals surface area contributed by atoms with Gasteiger partial charge in [0, 0.05) is 5.56 Å². The first kappa shape index (κ1) is 20.4. The smallest absolute Gasteiger partial charge is 0.207 e. The molecule has 3 rings (SSSR count). The topological polar surface area (TPSA) is 37.4 Å². The van der Waals surface area contributed by atoms with Gasteiger partial charge in [-0.3, -0.25) is 0 Å². The van der Waals surface area contributed by atoms with Crippen LogP contribution in [-0.2, 0) is 10.0 Å². The molecule has 0 N–H and O–H groups in total. The van der Waals surface area contributed by atoms with Gasteiger partial charge in [0.2, 0.25) is 10.0 Å². The van der Waals surface area contributed by atoms with Gasteiger partial charge in [0.25, 0.3) is 0 Å². The van der Waals surface area contributed by atoms with Crippen molar-refractivity contribution in [2.45, 2.75) is 17.9 Å². The minimum atomic E-state index is -3.84. The van der Waals surface area contributed by atoms with Crippen LogP contribution < -0.4 is 0 Å². The summed E-state index contributed by atoms with van der Waals surface area (Å²) in [6.45, 7) is 1.83.